The summed E-state index contributed by atoms with van der Waals surface area (Å²) in [7, 11) is 0. The fourth-order valence-corrected chi connectivity index (χ4v) is 5.17. The number of esters is 1. The molecule has 5 heteroatoms. The molecule has 1 unspecified atom stereocenters. The highest BCUT2D eigenvalue weighted by Gasteiger charge is 2.37. The number of fused-ring (bicyclic) bond motifs is 2. The third-order valence-corrected chi connectivity index (χ3v) is 7.12. The second kappa shape index (κ2) is 14.1. The molecule has 2 aromatic rings. The molecule has 0 spiro atoms. The van der Waals surface area contributed by atoms with Crippen LogP contribution in [0.4, 0.5) is 0 Å². The molecule has 0 saturated carbocycles. The van der Waals surface area contributed by atoms with Crippen molar-refractivity contribution >= 4 is 11.8 Å². The summed E-state index contributed by atoms with van der Waals surface area (Å²) in [6, 6.07) is 8.03. The Morgan fingerprint density at radius 2 is 1.33 bits per heavy atom. The summed E-state index contributed by atoms with van der Waals surface area (Å²) in [5, 5.41) is 20.8. The number of unbranched alkanes of at least 4 members (excludes halogenated alkanes) is 12. The van der Waals surface area contributed by atoms with E-state index >= 15 is 0 Å². The zero-order valence-electron chi connectivity index (χ0n) is 22.0. The predicted octanol–water partition coefficient (Wildman–Crippen LogP) is 8.06. The van der Waals surface area contributed by atoms with Crippen molar-refractivity contribution in [3.63, 3.8) is 0 Å². The van der Waals surface area contributed by atoms with Crippen molar-refractivity contribution in [1.82, 2.24) is 0 Å². The fraction of sp³-hybridized carbons (Fsp3) is 0.548. The lowest BCUT2D eigenvalue weighted by Gasteiger charge is -2.28. The van der Waals surface area contributed by atoms with Crippen molar-refractivity contribution in [1.29, 1.82) is 0 Å². The Labute approximate surface area is 215 Å². The quantitative estimate of drug-likeness (QED) is 0.193. The Kier molecular flexibility index (Phi) is 10.8. The normalized spacial score (nSPS) is 14.4. The highest BCUT2D eigenvalue weighted by atomic mass is 16.5. The van der Waals surface area contributed by atoms with E-state index in [9.17, 15) is 19.8 Å². The van der Waals surface area contributed by atoms with Gasteiger partial charge in [-0.2, -0.15) is 0 Å². The van der Waals surface area contributed by atoms with E-state index in [1.165, 1.54) is 76.3 Å². The number of hydrogen-bond acceptors (Lipinski definition) is 5. The van der Waals surface area contributed by atoms with Crippen LogP contribution in [-0.4, -0.2) is 22.0 Å². The highest BCUT2D eigenvalue weighted by molar-refractivity contribution is 6.15. The maximum absolute atomic E-state index is 13.0. The SMILES string of the molecule is CCCCCCCCCCCCCCCC(=O)OC1c2cccc(O)c2C(=O)c2c(O)cc(C)cc21. The van der Waals surface area contributed by atoms with Gasteiger partial charge in [-0.3, -0.25) is 9.59 Å². The van der Waals surface area contributed by atoms with Gasteiger partial charge in [-0.05, 0) is 31.0 Å². The topological polar surface area (TPSA) is 83.8 Å². The first-order chi connectivity index (χ1) is 17.4. The molecule has 5 nitrogen and oxygen atoms in total. The lowest BCUT2D eigenvalue weighted by molar-refractivity contribution is -0.147. The zero-order valence-corrected chi connectivity index (χ0v) is 22.0. The number of rotatable bonds is 15. The molecule has 0 radical (unpaired) electrons. The highest BCUT2D eigenvalue weighted by Crippen LogP contribution is 2.44. The van der Waals surface area contributed by atoms with Gasteiger partial charge in [0, 0.05) is 17.5 Å². The minimum atomic E-state index is -0.833. The van der Waals surface area contributed by atoms with Crippen LogP contribution in [0.1, 0.15) is 136 Å². The minimum absolute atomic E-state index is 0.0860. The summed E-state index contributed by atoms with van der Waals surface area (Å²) >= 11 is 0. The van der Waals surface area contributed by atoms with E-state index in [1.54, 1.807) is 18.2 Å². The number of carbonyl (C=O) groups is 2. The molecule has 0 bridgehead atoms. The number of phenolic OH excluding ortho intramolecular Hbond substituents is 2. The molecule has 3 rings (SSSR count). The van der Waals surface area contributed by atoms with Crippen LogP contribution in [0.2, 0.25) is 0 Å². The Hall–Kier alpha value is -2.82. The molecule has 0 heterocycles. The molecular weight excluding hydrogens is 452 g/mol. The standard InChI is InChI=1S/C31H42O5/c1-3-4-5-6-7-8-9-10-11-12-13-14-15-19-27(34)36-31-23-17-16-18-25(32)28(23)30(35)29-24(31)20-22(2)21-26(29)33/h16-18,20-21,31-33H,3-15,19H2,1-2H3. The summed E-state index contributed by atoms with van der Waals surface area (Å²) in [6.07, 6.45) is 15.6. The number of ketones is 1. The molecule has 1 atom stereocenters. The third-order valence-electron chi connectivity index (χ3n) is 7.12. The van der Waals surface area contributed by atoms with Crippen molar-refractivity contribution in [2.45, 2.75) is 110 Å². The van der Waals surface area contributed by atoms with Crippen LogP contribution < -0.4 is 0 Å². The number of hydrogen-bond donors (Lipinski definition) is 2. The zero-order chi connectivity index (χ0) is 25.9. The molecule has 196 valence electrons. The lowest BCUT2D eigenvalue weighted by atomic mass is 9.81. The number of benzene rings is 2. The van der Waals surface area contributed by atoms with E-state index in [0.717, 1.165) is 24.8 Å². The second-order valence-corrected chi connectivity index (χ2v) is 10.2. The molecule has 1 aliphatic carbocycles. The van der Waals surface area contributed by atoms with Crippen molar-refractivity contribution in [3.05, 3.63) is 58.1 Å². The van der Waals surface area contributed by atoms with Gasteiger partial charge in [-0.15, -0.1) is 0 Å². The Morgan fingerprint density at radius 1 is 0.778 bits per heavy atom. The molecular formula is C31H42O5. The summed E-state index contributed by atoms with van der Waals surface area (Å²) in [5.41, 5.74) is 1.86. The molecule has 0 aliphatic heterocycles. The second-order valence-electron chi connectivity index (χ2n) is 10.2. The summed E-state index contributed by atoms with van der Waals surface area (Å²) in [5.74, 6) is -1.14. The van der Waals surface area contributed by atoms with Gasteiger partial charge < -0.3 is 14.9 Å². The van der Waals surface area contributed by atoms with Crippen LogP contribution >= 0.6 is 0 Å². The van der Waals surface area contributed by atoms with Crippen LogP contribution in [0, 0.1) is 6.92 Å². The number of carbonyl (C=O) groups excluding carboxylic acids is 2. The van der Waals surface area contributed by atoms with E-state index in [1.807, 2.05) is 6.92 Å². The van der Waals surface area contributed by atoms with Crippen LogP contribution in [0.15, 0.2) is 30.3 Å². The van der Waals surface area contributed by atoms with Crippen molar-refractivity contribution in [2.24, 2.45) is 0 Å². The van der Waals surface area contributed by atoms with E-state index < -0.39 is 11.9 Å². The average Bonchev–Trinajstić information content (AvgIpc) is 2.84. The van der Waals surface area contributed by atoms with E-state index in [2.05, 4.69) is 6.92 Å². The Morgan fingerprint density at radius 3 is 1.94 bits per heavy atom. The first-order valence-corrected chi connectivity index (χ1v) is 13.8. The van der Waals surface area contributed by atoms with E-state index in [4.69, 9.17) is 4.74 Å². The summed E-state index contributed by atoms with van der Waals surface area (Å²) < 4.78 is 5.85. The summed E-state index contributed by atoms with van der Waals surface area (Å²) in [4.78, 5) is 25.8. The number of ether oxygens (including phenoxy) is 1. The first kappa shape index (κ1) is 27.8. The fourth-order valence-electron chi connectivity index (χ4n) is 5.17. The predicted molar refractivity (Wildman–Crippen MR) is 143 cm³/mol. The van der Waals surface area contributed by atoms with Gasteiger partial charge in [0.05, 0.1) is 11.1 Å². The van der Waals surface area contributed by atoms with Crippen LogP contribution in [-0.2, 0) is 9.53 Å². The van der Waals surface area contributed by atoms with Crippen LogP contribution in [0.25, 0.3) is 0 Å². The first-order valence-electron chi connectivity index (χ1n) is 13.8. The van der Waals surface area contributed by atoms with Gasteiger partial charge >= 0.3 is 5.97 Å². The molecule has 0 amide bonds. The molecule has 0 aromatic heterocycles. The van der Waals surface area contributed by atoms with Crippen LogP contribution in [0.3, 0.4) is 0 Å². The molecule has 0 saturated heterocycles. The Balaban J connectivity index is 1.45. The van der Waals surface area contributed by atoms with Gasteiger partial charge in [-0.25, -0.2) is 0 Å². The van der Waals surface area contributed by atoms with Gasteiger partial charge in [0.15, 0.2) is 6.10 Å². The maximum Gasteiger partial charge on any atom is 0.306 e. The van der Waals surface area contributed by atoms with Gasteiger partial charge in [0.25, 0.3) is 0 Å². The molecule has 2 N–H and O–H groups in total. The number of phenols is 2. The number of aryl methyl sites for hydroxylation is 1. The van der Waals surface area contributed by atoms with Crippen molar-refractivity contribution < 1.29 is 24.5 Å². The molecule has 1 aliphatic rings. The maximum atomic E-state index is 13.0. The third kappa shape index (κ3) is 7.35. The minimum Gasteiger partial charge on any atom is -0.507 e. The van der Waals surface area contributed by atoms with Crippen molar-refractivity contribution in [3.8, 4) is 11.5 Å². The van der Waals surface area contributed by atoms with E-state index in [0.29, 0.717) is 17.5 Å². The van der Waals surface area contributed by atoms with Gasteiger partial charge in [0.2, 0.25) is 5.78 Å². The Bertz CT molecular complexity index is 1030. The molecule has 0 fully saturated rings. The molecule has 2 aromatic carbocycles. The van der Waals surface area contributed by atoms with E-state index in [-0.39, 0.29) is 28.6 Å². The number of aromatic hydroxyl groups is 2. The average molecular weight is 495 g/mol. The van der Waals surface area contributed by atoms with Crippen LogP contribution in [0.5, 0.6) is 11.5 Å². The van der Waals surface area contributed by atoms with Gasteiger partial charge in [0.1, 0.15) is 11.5 Å². The summed E-state index contributed by atoms with van der Waals surface area (Å²) in [6.45, 7) is 4.07. The van der Waals surface area contributed by atoms with Crippen molar-refractivity contribution in [2.75, 3.05) is 0 Å². The lowest BCUT2D eigenvalue weighted by Crippen LogP contribution is -2.24. The van der Waals surface area contributed by atoms with Gasteiger partial charge in [-0.1, -0.05) is 102 Å². The molecule has 36 heavy (non-hydrogen) atoms. The largest absolute Gasteiger partial charge is 0.507 e. The monoisotopic (exact) mass is 494 g/mol. The smallest absolute Gasteiger partial charge is 0.306 e.